The minimum Gasteiger partial charge on any atom is -0.710 e. The second-order valence-electron chi connectivity index (χ2n) is 10.9. The first-order valence-corrected chi connectivity index (χ1v) is 13.3. The highest BCUT2D eigenvalue weighted by molar-refractivity contribution is 6.02. The molecule has 1 fully saturated rings. The Labute approximate surface area is 227 Å². The molecule has 5 rings (SSSR count). The Morgan fingerprint density at radius 1 is 1.00 bits per heavy atom. The van der Waals surface area contributed by atoms with E-state index in [9.17, 15) is 18.8 Å². The van der Waals surface area contributed by atoms with E-state index >= 15 is 0 Å². The summed E-state index contributed by atoms with van der Waals surface area (Å²) in [6.45, 7) is 9.98. The standard InChI is InChI=1S/C32H33F2N3O2/c1-18(2)22-14-23(28-19(3)8-6-9-20(28)4)16-24(15-22)30-35-21(5)29(37(30)39)31(38)36-27-11-7-10-26(17-27)32(33,34)25-12-13-25/h6-11,14-18,25,35H,12-13H2,1-5H3,(H,36,38). The number of aryl methyl sites for hydroxylation is 3. The Morgan fingerprint density at radius 3 is 2.28 bits per heavy atom. The van der Waals surface area contributed by atoms with Gasteiger partial charge in [-0.2, -0.15) is 0 Å². The highest BCUT2D eigenvalue weighted by Crippen LogP contribution is 2.50. The summed E-state index contributed by atoms with van der Waals surface area (Å²) in [4.78, 5) is 16.3. The molecule has 1 saturated carbocycles. The van der Waals surface area contributed by atoms with Gasteiger partial charge in [0.05, 0.1) is 5.56 Å². The number of nitrogens with zero attached hydrogens (tertiary/aromatic N) is 1. The average molecular weight is 530 g/mol. The Balaban J connectivity index is 1.51. The molecule has 0 saturated heterocycles. The van der Waals surface area contributed by atoms with Gasteiger partial charge in [0.15, 0.2) is 5.69 Å². The second kappa shape index (κ2) is 9.95. The Morgan fingerprint density at radius 2 is 1.64 bits per heavy atom. The second-order valence-corrected chi connectivity index (χ2v) is 10.9. The summed E-state index contributed by atoms with van der Waals surface area (Å²) in [5, 5.41) is 16.2. The van der Waals surface area contributed by atoms with E-state index in [1.165, 1.54) is 18.2 Å². The molecule has 2 N–H and O–H groups in total. The lowest BCUT2D eigenvalue weighted by molar-refractivity contribution is -0.594. The van der Waals surface area contributed by atoms with E-state index in [1.807, 2.05) is 18.2 Å². The fourth-order valence-corrected chi connectivity index (χ4v) is 5.22. The zero-order valence-electron chi connectivity index (χ0n) is 22.9. The molecule has 1 aliphatic carbocycles. The zero-order chi connectivity index (χ0) is 28.1. The molecule has 7 heteroatoms. The Bertz CT molecular complexity index is 1550. The van der Waals surface area contributed by atoms with E-state index in [1.54, 1.807) is 13.0 Å². The SMILES string of the molecule is Cc1cccc(C)c1-c1cc(-c2[nH]c(C)c(C(=O)Nc3cccc(C(F)(F)C4CC4)c3)[n+]2[O-])cc(C(C)C)c1. The summed E-state index contributed by atoms with van der Waals surface area (Å²) < 4.78 is 29.8. The number of carbonyl (C=O) groups is 1. The molecule has 0 aliphatic heterocycles. The quantitative estimate of drug-likeness (QED) is 0.189. The molecule has 1 aromatic heterocycles. The first-order chi connectivity index (χ1) is 18.5. The maximum absolute atomic E-state index is 14.6. The van der Waals surface area contributed by atoms with E-state index in [0.29, 0.717) is 28.8 Å². The minimum atomic E-state index is -2.94. The Kier molecular flexibility index (Phi) is 6.79. The number of rotatable bonds is 7. The lowest BCUT2D eigenvalue weighted by atomic mass is 9.90. The predicted molar refractivity (Wildman–Crippen MR) is 150 cm³/mol. The summed E-state index contributed by atoms with van der Waals surface area (Å²) in [6.07, 6.45) is 0.989. The van der Waals surface area contributed by atoms with Crippen molar-refractivity contribution in [3.8, 4) is 22.5 Å². The van der Waals surface area contributed by atoms with Crippen LogP contribution in [0.3, 0.4) is 0 Å². The monoisotopic (exact) mass is 529 g/mol. The third-order valence-electron chi connectivity index (χ3n) is 7.54. The topological polar surface area (TPSA) is 71.8 Å². The maximum Gasteiger partial charge on any atom is 0.300 e. The number of carbonyl (C=O) groups excluding carboxylic acids is 1. The number of anilines is 1. The minimum absolute atomic E-state index is 0.104. The maximum atomic E-state index is 14.6. The number of aromatic nitrogens is 2. The molecule has 0 spiro atoms. The summed E-state index contributed by atoms with van der Waals surface area (Å²) in [5.74, 6) is -3.79. The van der Waals surface area contributed by atoms with Gasteiger partial charge in [-0.1, -0.05) is 50.2 Å². The molecule has 0 atom stereocenters. The lowest BCUT2D eigenvalue weighted by Gasteiger charge is -2.17. The molecule has 5 nitrogen and oxygen atoms in total. The number of hydrogen-bond acceptors (Lipinski definition) is 2. The summed E-state index contributed by atoms with van der Waals surface area (Å²) in [7, 11) is 0. The van der Waals surface area contributed by atoms with Crippen LogP contribution in [0.5, 0.6) is 0 Å². The molecule has 1 aliphatic rings. The van der Waals surface area contributed by atoms with Crippen LogP contribution in [-0.4, -0.2) is 10.9 Å². The third-order valence-corrected chi connectivity index (χ3v) is 7.54. The first kappa shape index (κ1) is 26.6. The zero-order valence-corrected chi connectivity index (χ0v) is 22.9. The number of halogens is 2. The van der Waals surface area contributed by atoms with Crippen molar-refractivity contribution in [2.75, 3.05) is 5.32 Å². The van der Waals surface area contributed by atoms with Crippen molar-refractivity contribution < 1.29 is 18.3 Å². The highest BCUT2D eigenvalue weighted by Gasteiger charge is 2.48. The van der Waals surface area contributed by atoms with Crippen molar-refractivity contribution >= 4 is 11.6 Å². The number of amides is 1. The van der Waals surface area contributed by atoms with Gasteiger partial charge >= 0.3 is 0 Å². The van der Waals surface area contributed by atoms with Crippen LogP contribution in [-0.2, 0) is 5.92 Å². The number of nitrogens with one attached hydrogen (secondary N) is 2. The van der Waals surface area contributed by atoms with Gasteiger partial charge in [-0.3, -0.25) is 4.79 Å². The number of aromatic amines is 1. The molecule has 4 aromatic rings. The normalized spacial score (nSPS) is 13.6. The van der Waals surface area contributed by atoms with Gasteiger partial charge in [-0.05, 0) is 84.7 Å². The van der Waals surface area contributed by atoms with Gasteiger partial charge < -0.3 is 10.5 Å². The molecule has 39 heavy (non-hydrogen) atoms. The van der Waals surface area contributed by atoms with Crippen LogP contribution in [0.1, 0.15) is 71.0 Å². The van der Waals surface area contributed by atoms with Crippen LogP contribution in [0.2, 0.25) is 0 Å². The van der Waals surface area contributed by atoms with E-state index in [-0.39, 0.29) is 28.7 Å². The Hall–Kier alpha value is -4.00. The molecular formula is C32H33F2N3O2. The van der Waals surface area contributed by atoms with Crippen LogP contribution in [0.25, 0.3) is 22.5 Å². The number of alkyl halides is 2. The van der Waals surface area contributed by atoms with Gasteiger partial charge in [0.1, 0.15) is 0 Å². The van der Waals surface area contributed by atoms with E-state index in [4.69, 9.17) is 0 Å². The molecule has 3 aromatic carbocycles. The van der Waals surface area contributed by atoms with Crippen LogP contribution >= 0.6 is 0 Å². The van der Waals surface area contributed by atoms with Gasteiger partial charge in [-0.15, -0.1) is 0 Å². The molecule has 0 radical (unpaired) electrons. The van der Waals surface area contributed by atoms with Crippen molar-refractivity contribution in [2.24, 2.45) is 5.92 Å². The van der Waals surface area contributed by atoms with Gasteiger partial charge in [0.2, 0.25) is 5.69 Å². The van der Waals surface area contributed by atoms with Crippen molar-refractivity contribution in [1.29, 1.82) is 0 Å². The first-order valence-electron chi connectivity index (χ1n) is 13.3. The smallest absolute Gasteiger partial charge is 0.300 e. The van der Waals surface area contributed by atoms with Crippen molar-refractivity contribution in [1.82, 2.24) is 4.98 Å². The van der Waals surface area contributed by atoms with Gasteiger partial charge in [0.25, 0.3) is 17.7 Å². The summed E-state index contributed by atoms with van der Waals surface area (Å²) in [5.41, 5.74) is 6.49. The number of H-pyrrole nitrogens is 1. The van der Waals surface area contributed by atoms with Crippen LogP contribution in [0, 0.1) is 31.9 Å². The van der Waals surface area contributed by atoms with E-state index in [2.05, 4.69) is 56.2 Å². The van der Waals surface area contributed by atoms with E-state index in [0.717, 1.165) is 27.8 Å². The van der Waals surface area contributed by atoms with Crippen molar-refractivity contribution in [2.45, 2.75) is 59.3 Å². The highest BCUT2D eigenvalue weighted by atomic mass is 19.3. The largest absolute Gasteiger partial charge is 0.710 e. The van der Waals surface area contributed by atoms with Gasteiger partial charge in [0, 0.05) is 24.1 Å². The molecule has 1 amide bonds. The van der Waals surface area contributed by atoms with Crippen LogP contribution < -0.4 is 10.0 Å². The van der Waals surface area contributed by atoms with Crippen molar-refractivity contribution in [3.63, 3.8) is 0 Å². The van der Waals surface area contributed by atoms with Crippen molar-refractivity contribution in [3.05, 3.63) is 99.5 Å². The predicted octanol–water partition coefficient (Wildman–Crippen LogP) is 7.78. The number of imidazole rings is 1. The number of benzene rings is 3. The molecule has 1 heterocycles. The van der Waals surface area contributed by atoms with Gasteiger partial charge in [-0.25, -0.2) is 18.5 Å². The molecular weight excluding hydrogens is 496 g/mol. The summed E-state index contributed by atoms with van der Waals surface area (Å²) in [6, 6.07) is 17.9. The fourth-order valence-electron chi connectivity index (χ4n) is 5.22. The molecule has 202 valence electrons. The lowest BCUT2D eigenvalue weighted by Crippen LogP contribution is -2.36. The fraction of sp³-hybridized carbons (Fsp3) is 0.312. The van der Waals surface area contributed by atoms with E-state index < -0.39 is 17.7 Å². The average Bonchev–Trinajstić information content (AvgIpc) is 3.69. The molecule has 0 unspecified atom stereocenters. The molecule has 0 bridgehead atoms. The van der Waals surface area contributed by atoms with Crippen LogP contribution in [0.4, 0.5) is 14.5 Å². The summed E-state index contributed by atoms with van der Waals surface area (Å²) >= 11 is 0. The third kappa shape index (κ3) is 5.05. The number of hydrogen-bond donors (Lipinski definition) is 2. The van der Waals surface area contributed by atoms with Crippen LogP contribution in [0.15, 0.2) is 60.7 Å².